The lowest BCUT2D eigenvalue weighted by Crippen LogP contribution is -2.49. The maximum absolute atomic E-state index is 11.8. The molecule has 0 aliphatic rings. The van der Waals surface area contributed by atoms with Gasteiger partial charge in [0.15, 0.2) is 12.7 Å². The van der Waals surface area contributed by atoms with Crippen molar-refractivity contribution in [2.45, 2.75) is 46.3 Å². The normalized spacial score (nSPS) is 12.0. The maximum atomic E-state index is 11.8. The fraction of sp³-hybridized carbons (Fsp3) is 0.471. The van der Waals surface area contributed by atoms with Gasteiger partial charge in [-0.3, -0.25) is 10.1 Å². The summed E-state index contributed by atoms with van der Waals surface area (Å²) in [7, 11) is 0. The van der Waals surface area contributed by atoms with Crippen molar-refractivity contribution in [1.82, 2.24) is 10.6 Å². The fourth-order valence-electron chi connectivity index (χ4n) is 1.73. The minimum Gasteiger partial charge on any atom is -0.479 e. The first-order valence-electron chi connectivity index (χ1n) is 7.59. The van der Waals surface area contributed by atoms with Crippen LogP contribution in [-0.2, 0) is 14.3 Å². The summed E-state index contributed by atoms with van der Waals surface area (Å²) in [5, 5.41) is 4.64. The number of amides is 3. The zero-order valence-electron chi connectivity index (χ0n) is 14.6. The van der Waals surface area contributed by atoms with E-state index in [9.17, 15) is 14.4 Å². The number of aryl methyl sites for hydroxylation is 1. The molecule has 1 aromatic carbocycles. The molecule has 0 saturated heterocycles. The number of benzene rings is 1. The predicted molar refractivity (Wildman–Crippen MR) is 88.7 cm³/mol. The third kappa shape index (κ3) is 7.62. The second-order valence-electron chi connectivity index (χ2n) is 6.44. The number of hydrogen-bond acceptors (Lipinski definition) is 5. The van der Waals surface area contributed by atoms with E-state index in [1.165, 1.54) is 6.92 Å². The predicted octanol–water partition coefficient (Wildman–Crippen LogP) is 1.93. The number of esters is 1. The molecule has 0 heterocycles. The molecule has 0 unspecified atom stereocenters. The third-order valence-corrected chi connectivity index (χ3v) is 2.72. The number of hydrogen-bond donors (Lipinski definition) is 2. The van der Waals surface area contributed by atoms with E-state index in [0.29, 0.717) is 5.75 Å². The van der Waals surface area contributed by atoms with Crippen LogP contribution in [0, 0.1) is 6.92 Å². The summed E-state index contributed by atoms with van der Waals surface area (Å²) < 4.78 is 10.3. The Morgan fingerprint density at radius 2 is 1.88 bits per heavy atom. The Balaban J connectivity index is 2.39. The van der Waals surface area contributed by atoms with E-state index in [2.05, 4.69) is 10.6 Å². The van der Waals surface area contributed by atoms with Gasteiger partial charge in [0.25, 0.3) is 5.91 Å². The van der Waals surface area contributed by atoms with Gasteiger partial charge in [0, 0.05) is 5.54 Å². The summed E-state index contributed by atoms with van der Waals surface area (Å²) in [5.74, 6) is -0.871. The average molecular weight is 336 g/mol. The standard InChI is InChI=1S/C17H24N2O5/c1-11-7-6-8-13(9-11)24-12(2)15(21)23-10-14(20)18-16(22)19-17(3,4)5/h6-9,12H,10H2,1-5H3,(H2,18,19,20,22)/t12-/m0/s1. The molecular formula is C17H24N2O5. The summed E-state index contributed by atoms with van der Waals surface area (Å²) in [5.41, 5.74) is 0.523. The van der Waals surface area contributed by atoms with Crippen LogP contribution in [0.2, 0.25) is 0 Å². The number of rotatable bonds is 5. The van der Waals surface area contributed by atoms with E-state index >= 15 is 0 Å². The van der Waals surface area contributed by atoms with Crippen LogP contribution in [0.5, 0.6) is 5.75 Å². The van der Waals surface area contributed by atoms with E-state index in [0.717, 1.165) is 5.56 Å². The molecule has 0 bridgehead atoms. The molecule has 7 heteroatoms. The number of carbonyl (C=O) groups excluding carboxylic acids is 3. The highest BCUT2D eigenvalue weighted by molar-refractivity contribution is 5.95. The molecule has 2 N–H and O–H groups in total. The van der Waals surface area contributed by atoms with Crippen LogP contribution in [0.4, 0.5) is 4.79 Å². The van der Waals surface area contributed by atoms with Gasteiger partial charge in [0.1, 0.15) is 5.75 Å². The Bertz CT molecular complexity index is 607. The largest absolute Gasteiger partial charge is 0.479 e. The molecular weight excluding hydrogens is 312 g/mol. The first-order valence-corrected chi connectivity index (χ1v) is 7.59. The number of nitrogens with one attached hydrogen (secondary N) is 2. The lowest BCUT2D eigenvalue weighted by atomic mass is 10.1. The Kier molecular flexibility index (Phi) is 6.76. The number of ether oxygens (including phenoxy) is 2. The van der Waals surface area contributed by atoms with Crippen LogP contribution in [0.1, 0.15) is 33.3 Å². The van der Waals surface area contributed by atoms with Crippen LogP contribution in [0.25, 0.3) is 0 Å². The molecule has 3 amide bonds. The number of carbonyl (C=O) groups is 3. The highest BCUT2D eigenvalue weighted by Crippen LogP contribution is 2.14. The van der Waals surface area contributed by atoms with Crippen molar-refractivity contribution in [3.05, 3.63) is 29.8 Å². The van der Waals surface area contributed by atoms with Crippen molar-refractivity contribution in [3.63, 3.8) is 0 Å². The Labute approximate surface area is 141 Å². The first-order chi connectivity index (χ1) is 11.1. The van der Waals surface area contributed by atoms with E-state index in [-0.39, 0.29) is 0 Å². The van der Waals surface area contributed by atoms with E-state index in [4.69, 9.17) is 9.47 Å². The molecule has 0 aliphatic carbocycles. The summed E-state index contributed by atoms with van der Waals surface area (Å²) in [4.78, 5) is 34.9. The molecule has 0 aromatic heterocycles. The lowest BCUT2D eigenvalue weighted by molar-refractivity contribution is -0.154. The Morgan fingerprint density at radius 1 is 1.21 bits per heavy atom. The van der Waals surface area contributed by atoms with Gasteiger partial charge in [-0.05, 0) is 52.3 Å². The monoisotopic (exact) mass is 336 g/mol. The SMILES string of the molecule is Cc1cccc(O[C@@H](C)C(=O)OCC(=O)NC(=O)NC(C)(C)C)c1. The third-order valence-electron chi connectivity index (χ3n) is 2.72. The van der Waals surface area contributed by atoms with Gasteiger partial charge >= 0.3 is 12.0 Å². The average Bonchev–Trinajstić information content (AvgIpc) is 2.42. The van der Waals surface area contributed by atoms with Crippen molar-refractivity contribution in [2.75, 3.05) is 6.61 Å². The van der Waals surface area contributed by atoms with Gasteiger partial charge in [0.2, 0.25) is 0 Å². The molecule has 24 heavy (non-hydrogen) atoms. The van der Waals surface area contributed by atoms with Crippen LogP contribution in [-0.4, -0.2) is 36.2 Å². The smallest absolute Gasteiger partial charge is 0.347 e. The van der Waals surface area contributed by atoms with Crippen LogP contribution >= 0.6 is 0 Å². The maximum Gasteiger partial charge on any atom is 0.347 e. The first kappa shape index (κ1) is 19.5. The van der Waals surface area contributed by atoms with Gasteiger partial charge < -0.3 is 14.8 Å². The molecule has 1 rings (SSSR count). The van der Waals surface area contributed by atoms with Crippen LogP contribution < -0.4 is 15.4 Å². The summed E-state index contributed by atoms with van der Waals surface area (Å²) in [6.07, 6.45) is -0.872. The Morgan fingerprint density at radius 3 is 2.46 bits per heavy atom. The molecule has 0 saturated carbocycles. The molecule has 1 atom stereocenters. The van der Waals surface area contributed by atoms with Gasteiger partial charge in [-0.15, -0.1) is 0 Å². The van der Waals surface area contributed by atoms with Crippen molar-refractivity contribution >= 4 is 17.9 Å². The van der Waals surface area contributed by atoms with E-state index in [1.807, 2.05) is 19.1 Å². The van der Waals surface area contributed by atoms with Crippen molar-refractivity contribution in [3.8, 4) is 5.75 Å². The fourth-order valence-corrected chi connectivity index (χ4v) is 1.73. The highest BCUT2D eigenvalue weighted by Gasteiger charge is 2.20. The molecule has 0 aliphatic heterocycles. The van der Waals surface area contributed by atoms with E-state index in [1.54, 1.807) is 32.9 Å². The second kappa shape index (κ2) is 8.33. The molecule has 7 nitrogen and oxygen atoms in total. The molecule has 0 fully saturated rings. The molecule has 1 aromatic rings. The Hall–Kier alpha value is -2.57. The van der Waals surface area contributed by atoms with Gasteiger partial charge in [0.05, 0.1) is 0 Å². The van der Waals surface area contributed by atoms with Crippen molar-refractivity contribution < 1.29 is 23.9 Å². The summed E-state index contributed by atoms with van der Waals surface area (Å²) in [6, 6.07) is 6.58. The molecule has 0 spiro atoms. The number of urea groups is 1. The summed E-state index contributed by atoms with van der Waals surface area (Å²) >= 11 is 0. The minimum absolute atomic E-state index is 0.475. The zero-order valence-corrected chi connectivity index (χ0v) is 14.6. The molecule has 0 radical (unpaired) electrons. The van der Waals surface area contributed by atoms with Crippen molar-refractivity contribution in [1.29, 1.82) is 0 Å². The zero-order chi connectivity index (χ0) is 18.3. The van der Waals surface area contributed by atoms with Gasteiger partial charge in [-0.1, -0.05) is 12.1 Å². The molecule has 132 valence electrons. The van der Waals surface area contributed by atoms with Crippen LogP contribution in [0.15, 0.2) is 24.3 Å². The topological polar surface area (TPSA) is 93.7 Å². The quantitative estimate of drug-likeness (QED) is 0.801. The van der Waals surface area contributed by atoms with E-state index < -0.39 is 36.2 Å². The second-order valence-corrected chi connectivity index (χ2v) is 6.44. The van der Waals surface area contributed by atoms with Crippen molar-refractivity contribution in [2.24, 2.45) is 0 Å². The summed E-state index contributed by atoms with van der Waals surface area (Å²) in [6.45, 7) is 8.21. The number of imide groups is 1. The minimum atomic E-state index is -0.872. The van der Waals surface area contributed by atoms with Gasteiger partial charge in [-0.25, -0.2) is 9.59 Å². The van der Waals surface area contributed by atoms with Gasteiger partial charge in [-0.2, -0.15) is 0 Å². The highest BCUT2D eigenvalue weighted by atomic mass is 16.6. The van der Waals surface area contributed by atoms with Crippen LogP contribution in [0.3, 0.4) is 0 Å². The lowest BCUT2D eigenvalue weighted by Gasteiger charge is -2.20.